The summed E-state index contributed by atoms with van der Waals surface area (Å²) in [6.45, 7) is 8.57. The Labute approximate surface area is 115 Å². The largest absolute Gasteiger partial charge is 0.364 e. The van der Waals surface area contributed by atoms with Gasteiger partial charge in [0.25, 0.3) is 0 Å². The quantitative estimate of drug-likeness (QED) is 0.489. The third kappa shape index (κ3) is 4.11. The molecule has 4 heteroatoms. The summed E-state index contributed by atoms with van der Waals surface area (Å²) in [6, 6.07) is 8.46. The first-order chi connectivity index (χ1) is 8.34. The molecule has 1 aromatic carbocycles. The maximum atomic E-state index is 4.96. The van der Waals surface area contributed by atoms with Crippen LogP contribution in [0.25, 0.3) is 0 Å². The van der Waals surface area contributed by atoms with Crippen LogP contribution in [0.1, 0.15) is 38.8 Å². The lowest BCUT2D eigenvalue weighted by Crippen LogP contribution is -2.29. The van der Waals surface area contributed by atoms with Gasteiger partial charge in [0.05, 0.1) is 5.71 Å². The molecule has 0 fully saturated rings. The fourth-order valence-electron chi connectivity index (χ4n) is 1.47. The van der Waals surface area contributed by atoms with Gasteiger partial charge in [-0.15, -0.1) is 0 Å². The number of benzene rings is 1. The van der Waals surface area contributed by atoms with E-state index in [1.165, 1.54) is 5.56 Å². The van der Waals surface area contributed by atoms with Gasteiger partial charge in [0.2, 0.25) is 0 Å². The highest BCUT2D eigenvalue weighted by Gasteiger charge is 2.13. The second-order valence-electron chi connectivity index (χ2n) is 5.22. The van der Waals surface area contributed by atoms with Gasteiger partial charge >= 0.3 is 0 Å². The predicted molar refractivity (Wildman–Crippen MR) is 82.1 cm³/mol. The second kappa shape index (κ2) is 5.96. The minimum absolute atomic E-state index is 0.176. The van der Waals surface area contributed by atoms with Gasteiger partial charge in [-0.05, 0) is 35.7 Å². The van der Waals surface area contributed by atoms with Gasteiger partial charge in [-0.25, -0.2) is 0 Å². The molecule has 0 atom stereocenters. The SMILES string of the molecule is CNC(=S)N/N=C(/C)c1ccc(C(C)(C)C)cc1. The summed E-state index contributed by atoms with van der Waals surface area (Å²) in [4.78, 5) is 0. The van der Waals surface area contributed by atoms with Crippen molar-refractivity contribution in [2.75, 3.05) is 7.05 Å². The number of hydrogen-bond donors (Lipinski definition) is 2. The van der Waals surface area contributed by atoms with Crippen molar-refractivity contribution in [3.05, 3.63) is 35.4 Å². The maximum absolute atomic E-state index is 4.96. The molecule has 3 nitrogen and oxygen atoms in total. The fourth-order valence-corrected chi connectivity index (χ4v) is 1.51. The van der Waals surface area contributed by atoms with Crippen LogP contribution in [0.2, 0.25) is 0 Å². The molecule has 1 aromatic rings. The number of hydrogen-bond acceptors (Lipinski definition) is 2. The van der Waals surface area contributed by atoms with Gasteiger partial charge in [-0.1, -0.05) is 45.0 Å². The van der Waals surface area contributed by atoms with E-state index in [4.69, 9.17) is 12.2 Å². The molecule has 1 rings (SSSR count). The van der Waals surface area contributed by atoms with E-state index in [1.54, 1.807) is 7.05 Å². The summed E-state index contributed by atoms with van der Waals surface area (Å²) in [6.07, 6.45) is 0. The number of thiocarbonyl (C=S) groups is 1. The van der Waals surface area contributed by atoms with E-state index in [9.17, 15) is 0 Å². The van der Waals surface area contributed by atoms with Crippen molar-refractivity contribution >= 4 is 23.0 Å². The number of nitrogens with one attached hydrogen (secondary N) is 2. The topological polar surface area (TPSA) is 36.4 Å². The first-order valence-corrected chi connectivity index (χ1v) is 6.38. The second-order valence-corrected chi connectivity index (χ2v) is 5.62. The van der Waals surface area contributed by atoms with E-state index < -0.39 is 0 Å². The third-order valence-corrected chi connectivity index (χ3v) is 3.02. The van der Waals surface area contributed by atoms with Crippen molar-refractivity contribution in [1.29, 1.82) is 0 Å². The Balaban J connectivity index is 2.82. The smallest absolute Gasteiger partial charge is 0.186 e. The Morgan fingerprint density at radius 2 is 1.72 bits per heavy atom. The highest BCUT2D eigenvalue weighted by atomic mass is 32.1. The number of nitrogens with zero attached hydrogens (tertiary/aromatic N) is 1. The lowest BCUT2D eigenvalue weighted by molar-refractivity contribution is 0.590. The van der Waals surface area contributed by atoms with E-state index in [1.807, 2.05) is 6.92 Å². The molecule has 0 spiro atoms. The lowest BCUT2D eigenvalue weighted by atomic mass is 9.86. The van der Waals surface area contributed by atoms with Crippen molar-refractivity contribution in [3.63, 3.8) is 0 Å². The van der Waals surface area contributed by atoms with E-state index in [2.05, 4.69) is 60.9 Å². The molecule has 98 valence electrons. The van der Waals surface area contributed by atoms with Crippen molar-refractivity contribution in [2.24, 2.45) is 5.10 Å². The van der Waals surface area contributed by atoms with Gasteiger partial charge in [0.1, 0.15) is 0 Å². The maximum Gasteiger partial charge on any atom is 0.186 e. The molecule has 2 N–H and O–H groups in total. The van der Waals surface area contributed by atoms with Gasteiger partial charge in [-0.2, -0.15) is 5.10 Å². The van der Waals surface area contributed by atoms with Gasteiger partial charge in [-0.3, -0.25) is 5.43 Å². The molecule has 0 bridgehead atoms. The first kappa shape index (κ1) is 14.6. The standard InChI is InChI=1S/C14H21N3S/c1-10(16-17-13(18)15-5)11-6-8-12(9-7-11)14(2,3)4/h6-9H,1-5H3,(H2,15,17,18)/b16-10-. The summed E-state index contributed by atoms with van der Waals surface area (Å²) in [5.41, 5.74) is 6.28. The molecule has 0 heterocycles. The van der Waals surface area contributed by atoms with E-state index in [0.29, 0.717) is 5.11 Å². The molecular formula is C14H21N3S. The van der Waals surface area contributed by atoms with Crippen LogP contribution in [0.4, 0.5) is 0 Å². The number of hydrazone groups is 1. The summed E-state index contributed by atoms with van der Waals surface area (Å²) in [7, 11) is 1.76. The molecule has 0 saturated heterocycles. The van der Waals surface area contributed by atoms with Crippen molar-refractivity contribution < 1.29 is 0 Å². The molecule has 0 aliphatic carbocycles. The molecule has 0 aliphatic rings. The van der Waals surface area contributed by atoms with Crippen molar-refractivity contribution in [2.45, 2.75) is 33.1 Å². The molecule has 0 aromatic heterocycles. The first-order valence-electron chi connectivity index (χ1n) is 5.97. The zero-order valence-electron chi connectivity index (χ0n) is 11.7. The number of rotatable bonds is 2. The van der Waals surface area contributed by atoms with E-state index in [0.717, 1.165) is 11.3 Å². The average Bonchev–Trinajstić information content (AvgIpc) is 2.34. The van der Waals surface area contributed by atoms with Crippen LogP contribution < -0.4 is 10.7 Å². The minimum Gasteiger partial charge on any atom is -0.364 e. The van der Waals surface area contributed by atoms with E-state index in [-0.39, 0.29) is 5.41 Å². The molecule has 0 unspecified atom stereocenters. The van der Waals surface area contributed by atoms with Crippen LogP contribution in [0.15, 0.2) is 29.4 Å². The van der Waals surface area contributed by atoms with Crippen LogP contribution in [0, 0.1) is 0 Å². The van der Waals surface area contributed by atoms with Crippen LogP contribution in [0.5, 0.6) is 0 Å². The summed E-state index contributed by atoms with van der Waals surface area (Å²) in [5.74, 6) is 0. The molecule has 0 aliphatic heterocycles. The van der Waals surface area contributed by atoms with Crippen LogP contribution in [0.3, 0.4) is 0 Å². The zero-order chi connectivity index (χ0) is 13.8. The Morgan fingerprint density at radius 3 is 2.17 bits per heavy atom. The highest BCUT2D eigenvalue weighted by Crippen LogP contribution is 2.22. The molecule has 18 heavy (non-hydrogen) atoms. The van der Waals surface area contributed by atoms with Crippen molar-refractivity contribution in [3.8, 4) is 0 Å². The van der Waals surface area contributed by atoms with Gasteiger partial charge in [0, 0.05) is 7.05 Å². The Bertz CT molecular complexity index is 441. The lowest BCUT2D eigenvalue weighted by Gasteiger charge is -2.19. The summed E-state index contributed by atoms with van der Waals surface area (Å²) >= 11 is 4.96. The molecule has 0 saturated carbocycles. The summed E-state index contributed by atoms with van der Waals surface area (Å²) in [5, 5.41) is 7.55. The van der Waals surface area contributed by atoms with Crippen LogP contribution in [-0.4, -0.2) is 17.9 Å². The normalized spacial score (nSPS) is 12.2. The zero-order valence-corrected chi connectivity index (χ0v) is 12.5. The highest BCUT2D eigenvalue weighted by molar-refractivity contribution is 7.80. The summed E-state index contributed by atoms with van der Waals surface area (Å²) < 4.78 is 0. The average molecular weight is 263 g/mol. The fraction of sp³-hybridized carbons (Fsp3) is 0.429. The molecular weight excluding hydrogens is 242 g/mol. The molecule has 0 radical (unpaired) electrons. The van der Waals surface area contributed by atoms with Gasteiger partial charge in [0.15, 0.2) is 5.11 Å². The minimum atomic E-state index is 0.176. The molecule has 0 amide bonds. The monoisotopic (exact) mass is 263 g/mol. The van der Waals surface area contributed by atoms with Gasteiger partial charge < -0.3 is 5.32 Å². The Kier molecular flexibility index (Phi) is 4.84. The van der Waals surface area contributed by atoms with E-state index >= 15 is 0 Å². The predicted octanol–water partition coefficient (Wildman–Crippen LogP) is 2.80. The Morgan fingerprint density at radius 1 is 1.17 bits per heavy atom. The van der Waals surface area contributed by atoms with Crippen molar-refractivity contribution in [1.82, 2.24) is 10.7 Å². The Hall–Kier alpha value is -1.42. The van der Waals surface area contributed by atoms with Crippen LogP contribution in [-0.2, 0) is 5.41 Å². The van der Waals surface area contributed by atoms with Crippen LogP contribution >= 0.6 is 12.2 Å². The third-order valence-electron chi connectivity index (χ3n) is 2.72.